The molecule has 23 heavy (non-hydrogen) atoms. The first-order chi connectivity index (χ1) is 11.0. The summed E-state index contributed by atoms with van der Waals surface area (Å²) >= 11 is 3.42. The summed E-state index contributed by atoms with van der Waals surface area (Å²) in [4.78, 5) is 12.0. The van der Waals surface area contributed by atoms with Crippen LogP contribution in [0, 0.1) is 6.92 Å². The van der Waals surface area contributed by atoms with E-state index in [1.54, 1.807) is 25.3 Å². The Labute approximate surface area is 143 Å². The van der Waals surface area contributed by atoms with Crippen LogP contribution in [0.25, 0.3) is 0 Å². The van der Waals surface area contributed by atoms with Crippen molar-refractivity contribution in [3.63, 3.8) is 0 Å². The topological polar surface area (TPSA) is 56.8 Å². The Hall–Kier alpha value is -2.21. The summed E-state index contributed by atoms with van der Waals surface area (Å²) in [6.07, 6.45) is 0. The Balaban J connectivity index is 2.00. The summed E-state index contributed by atoms with van der Waals surface area (Å²) in [7, 11) is 3.07. The zero-order chi connectivity index (χ0) is 16.8. The molecule has 0 aromatic heterocycles. The van der Waals surface area contributed by atoms with Crippen molar-refractivity contribution in [3.8, 4) is 17.2 Å². The normalized spacial score (nSPS) is 10.1. The quantitative estimate of drug-likeness (QED) is 0.829. The third-order valence-electron chi connectivity index (χ3n) is 3.17. The Morgan fingerprint density at radius 2 is 1.87 bits per heavy atom. The van der Waals surface area contributed by atoms with Gasteiger partial charge in [-0.3, -0.25) is 4.79 Å². The number of anilines is 1. The number of nitrogens with one attached hydrogen (secondary N) is 1. The van der Waals surface area contributed by atoms with E-state index in [-0.39, 0.29) is 12.5 Å². The highest BCUT2D eigenvalue weighted by molar-refractivity contribution is 9.10. The maximum atomic E-state index is 12.0. The van der Waals surface area contributed by atoms with Crippen molar-refractivity contribution in [1.82, 2.24) is 0 Å². The third kappa shape index (κ3) is 4.39. The largest absolute Gasteiger partial charge is 0.493 e. The molecule has 0 radical (unpaired) electrons. The number of halogens is 1. The molecule has 0 saturated heterocycles. The van der Waals surface area contributed by atoms with Crippen LogP contribution >= 0.6 is 15.9 Å². The van der Waals surface area contributed by atoms with Crippen molar-refractivity contribution in [1.29, 1.82) is 0 Å². The van der Waals surface area contributed by atoms with Gasteiger partial charge in [-0.05, 0) is 42.8 Å². The minimum absolute atomic E-state index is 0.126. The second-order valence-corrected chi connectivity index (χ2v) is 5.65. The molecule has 1 N–H and O–H groups in total. The van der Waals surface area contributed by atoms with Crippen LogP contribution in [0.2, 0.25) is 0 Å². The van der Waals surface area contributed by atoms with E-state index in [4.69, 9.17) is 14.2 Å². The molecular formula is C17H18BrNO4. The van der Waals surface area contributed by atoms with Crippen LogP contribution in [-0.4, -0.2) is 26.7 Å². The molecule has 6 heteroatoms. The fraction of sp³-hybridized carbons (Fsp3) is 0.235. The average molecular weight is 380 g/mol. The van der Waals surface area contributed by atoms with Crippen molar-refractivity contribution in [3.05, 3.63) is 46.4 Å². The lowest BCUT2D eigenvalue weighted by molar-refractivity contribution is -0.118. The van der Waals surface area contributed by atoms with Gasteiger partial charge in [0.1, 0.15) is 0 Å². The minimum atomic E-state index is -0.253. The number of aryl methyl sites for hydroxylation is 1. The van der Waals surface area contributed by atoms with Gasteiger partial charge >= 0.3 is 0 Å². The summed E-state index contributed by atoms with van der Waals surface area (Å²) in [6, 6.07) is 10.8. The maximum Gasteiger partial charge on any atom is 0.262 e. The van der Waals surface area contributed by atoms with Gasteiger partial charge in [0.05, 0.1) is 14.2 Å². The van der Waals surface area contributed by atoms with Crippen LogP contribution in [0.1, 0.15) is 5.56 Å². The number of hydrogen-bond acceptors (Lipinski definition) is 4. The number of para-hydroxylation sites is 1. The van der Waals surface area contributed by atoms with Gasteiger partial charge in [0.25, 0.3) is 5.91 Å². The van der Waals surface area contributed by atoms with E-state index >= 15 is 0 Å². The van der Waals surface area contributed by atoms with Crippen molar-refractivity contribution in [2.24, 2.45) is 0 Å². The zero-order valence-electron chi connectivity index (χ0n) is 13.2. The molecule has 2 rings (SSSR count). The lowest BCUT2D eigenvalue weighted by Crippen LogP contribution is -2.20. The van der Waals surface area contributed by atoms with Crippen molar-refractivity contribution >= 4 is 27.5 Å². The number of ether oxygens (including phenoxy) is 3. The number of methoxy groups -OCH3 is 2. The molecule has 2 aromatic rings. The molecule has 2 aromatic carbocycles. The third-order valence-corrected chi connectivity index (χ3v) is 4.06. The highest BCUT2D eigenvalue weighted by atomic mass is 79.9. The highest BCUT2D eigenvalue weighted by Crippen LogP contribution is 2.36. The van der Waals surface area contributed by atoms with E-state index in [0.717, 1.165) is 15.7 Å². The first kappa shape index (κ1) is 17.1. The van der Waals surface area contributed by atoms with Gasteiger partial charge in [-0.1, -0.05) is 22.0 Å². The van der Waals surface area contributed by atoms with Crippen molar-refractivity contribution in [2.75, 3.05) is 26.1 Å². The molecule has 0 unspecified atom stereocenters. The Morgan fingerprint density at radius 3 is 2.52 bits per heavy atom. The number of carbonyl (C=O) groups excluding carboxylic acids is 1. The Kier molecular flexibility index (Phi) is 5.87. The van der Waals surface area contributed by atoms with Gasteiger partial charge in [-0.15, -0.1) is 0 Å². The van der Waals surface area contributed by atoms with Gasteiger partial charge in [0.2, 0.25) is 5.75 Å². The average Bonchev–Trinajstić information content (AvgIpc) is 2.55. The molecule has 0 fully saturated rings. The molecule has 5 nitrogen and oxygen atoms in total. The van der Waals surface area contributed by atoms with Crippen molar-refractivity contribution < 1.29 is 19.0 Å². The second-order valence-electron chi connectivity index (χ2n) is 4.79. The van der Waals surface area contributed by atoms with Gasteiger partial charge in [0, 0.05) is 10.2 Å². The summed E-state index contributed by atoms with van der Waals surface area (Å²) in [5.41, 5.74) is 1.76. The van der Waals surface area contributed by atoms with Crippen LogP contribution in [-0.2, 0) is 4.79 Å². The molecule has 0 heterocycles. The second kappa shape index (κ2) is 7.87. The highest BCUT2D eigenvalue weighted by Gasteiger charge is 2.12. The molecule has 0 aliphatic rings. The molecule has 1 amide bonds. The fourth-order valence-electron chi connectivity index (χ4n) is 2.03. The molecular weight excluding hydrogens is 362 g/mol. The summed E-state index contributed by atoms with van der Waals surface area (Å²) in [5.74, 6) is 1.21. The zero-order valence-corrected chi connectivity index (χ0v) is 14.8. The molecule has 122 valence electrons. The number of rotatable bonds is 6. The lowest BCUT2D eigenvalue weighted by atomic mass is 10.2. The molecule has 0 saturated carbocycles. The standard InChI is InChI=1S/C17H18BrNO4/c1-11-9-12(7-8-13(11)18)19-16(20)10-23-15-6-4-5-14(21-2)17(15)22-3/h4-9H,10H2,1-3H3,(H,19,20). The van der Waals surface area contributed by atoms with Crippen LogP contribution in [0.4, 0.5) is 5.69 Å². The van der Waals surface area contributed by atoms with E-state index < -0.39 is 0 Å². The lowest BCUT2D eigenvalue weighted by Gasteiger charge is -2.13. The van der Waals surface area contributed by atoms with Gasteiger partial charge in [-0.25, -0.2) is 0 Å². The molecule has 0 atom stereocenters. The molecule has 0 bridgehead atoms. The first-order valence-corrected chi connectivity index (χ1v) is 7.74. The van der Waals surface area contributed by atoms with Crippen LogP contribution in [0.5, 0.6) is 17.2 Å². The van der Waals surface area contributed by atoms with Crippen LogP contribution < -0.4 is 19.5 Å². The van der Waals surface area contributed by atoms with Gasteiger partial charge < -0.3 is 19.5 Å². The smallest absolute Gasteiger partial charge is 0.262 e. The minimum Gasteiger partial charge on any atom is -0.493 e. The van der Waals surface area contributed by atoms with E-state index in [1.807, 2.05) is 25.1 Å². The maximum absolute atomic E-state index is 12.0. The number of benzene rings is 2. The molecule has 0 spiro atoms. The fourth-order valence-corrected chi connectivity index (χ4v) is 2.28. The van der Waals surface area contributed by atoms with Gasteiger partial charge in [-0.2, -0.15) is 0 Å². The number of amides is 1. The van der Waals surface area contributed by atoms with Crippen molar-refractivity contribution in [2.45, 2.75) is 6.92 Å². The predicted octanol–water partition coefficient (Wildman–Crippen LogP) is 3.79. The molecule has 0 aliphatic carbocycles. The molecule has 0 aliphatic heterocycles. The van der Waals surface area contributed by atoms with Crippen LogP contribution in [0.3, 0.4) is 0 Å². The first-order valence-electron chi connectivity index (χ1n) is 6.95. The van der Waals surface area contributed by atoms with E-state index in [0.29, 0.717) is 17.2 Å². The SMILES string of the molecule is COc1cccc(OCC(=O)Nc2ccc(Br)c(C)c2)c1OC. The number of hydrogen-bond donors (Lipinski definition) is 1. The summed E-state index contributed by atoms with van der Waals surface area (Å²) in [6.45, 7) is 1.83. The summed E-state index contributed by atoms with van der Waals surface area (Å²) in [5, 5.41) is 2.79. The predicted molar refractivity (Wildman–Crippen MR) is 92.5 cm³/mol. The van der Waals surface area contributed by atoms with Crippen LogP contribution in [0.15, 0.2) is 40.9 Å². The monoisotopic (exact) mass is 379 g/mol. The Morgan fingerprint density at radius 1 is 1.13 bits per heavy atom. The van der Waals surface area contributed by atoms with Gasteiger partial charge in [0.15, 0.2) is 18.1 Å². The number of carbonyl (C=O) groups is 1. The van der Waals surface area contributed by atoms with E-state index in [9.17, 15) is 4.79 Å². The summed E-state index contributed by atoms with van der Waals surface area (Å²) < 4.78 is 17.0. The van der Waals surface area contributed by atoms with E-state index in [1.165, 1.54) is 7.11 Å². The van der Waals surface area contributed by atoms with E-state index in [2.05, 4.69) is 21.2 Å². The Bertz CT molecular complexity index is 703.